The number of alkyl halides is 3. The minimum Gasteiger partial charge on any atom is -0.450 e. The Kier molecular flexibility index (Phi) is 10.1. The number of likely N-dealkylation sites (N-methyl/N-ethyl adjacent to an activating group) is 2. The van der Waals surface area contributed by atoms with Crippen molar-refractivity contribution >= 4 is 33.3 Å². The van der Waals surface area contributed by atoms with Crippen molar-refractivity contribution in [2.45, 2.75) is 26.6 Å². The lowest BCUT2D eigenvalue weighted by Gasteiger charge is -2.28. The molecule has 0 bridgehead atoms. The maximum atomic E-state index is 14.2. The predicted molar refractivity (Wildman–Crippen MR) is 153 cm³/mol. The van der Waals surface area contributed by atoms with Crippen molar-refractivity contribution in [3.8, 4) is 11.4 Å². The molecule has 236 valence electrons. The number of anilines is 2. The molecule has 1 fully saturated rings. The van der Waals surface area contributed by atoms with E-state index in [9.17, 15) is 26.4 Å². The van der Waals surface area contributed by atoms with Gasteiger partial charge in [0, 0.05) is 51.7 Å². The maximum absolute atomic E-state index is 14.2. The number of carbonyl (C=O) groups excluding carboxylic acids is 1. The van der Waals surface area contributed by atoms with Crippen LogP contribution in [-0.4, -0.2) is 109 Å². The van der Waals surface area contributed by atoms with Crippen LogP contribution in [0.3, 0.4) is 0 Å². The number of pyridine rings is 1. The number of nitrogens with one attached hydrogen (secondary N) is 1. The van der Waals surface area contributed by atoms with Crippen molar-refractivity contribution in [1.82, 2.24) is 28.8 Å². The maximum Gasteiger partial charge on any atom is 0.417 e. The molecule has 1 N–H and O–H groups in total. The monoisotopic (exact) mass is 628 g/mol. The van der Waals surface area contributed by atoms with Gasteiger partial charge >= 0.3 is 12.3 Å². The number of amides is 1. The quantitative estimate of drug-likeness (QED) is 0.338. The highest BCUT2D eigenvalue weighted by Crippen LogP contribution is 2.38. The summed E-state index contributed by atoms with van der Waals surface area (Å²) < 4.78 is 79.7. The number of halogens is 3. The molecule has 0 unspecified atom stereocenters. The summed E-state index contributed by atoms with van der Waals surface area (Å²) in [6, 6.07) is 2.59. The predicted octanol–water partition coefficient (Wildman–Crippen LogP) is 2.93. The number of nitrogens with zero attached hydrogens (tertiary/aromatic N) is 7. The van der Waals surface area contributed by atoms with Crippen LogP contribution in [0.5, 0.6) is 0 Å². The lowest BCUT2D eigenvalue weighted by Crippen LogP contribution is -2.37. The number of morpholine rings is 1. The molecule has 0 spiro atoms. The van der Waals surface area contributed by atoms with Crippen molar-refractivity contribution < 1.29 is 35.9 Å². The highest BCUT2D eigenvalue weighted by Gasteiger charge is 2.36. The fourth-order valence-electron chi connectivity index (χ4n) is 4.69. The summed E-state index contributed by atoms with van der Waals surface area (Å²) in [6.07, 6.45) is -1.86. The van der Waals surface area contributed by atoms with Gasteiger partial charge in [0.15, 0.2) is 11.6 Å². The van der Waals surface area contributed by atoms with E-state index in [4.69, 9.17) is 9.47 Å². The van der Waals surface area contributed by atoms with Gasteiger partial charge in [0.05, 0.1) is 37.2 Å². The Labute approximate surface area is 247 Å². The molecule has 0 aliphatic carbocycles. The fraction of sp³-hybridized carbons (Fsp3) is 0.538. The molecule has 0 radical (unpaired) electrons. The summed E-state index contributed by atoms with van der Waals surface area (Å²) in [5.41, 5.74) is -0.0114. The van der Waals surface area contributed by atoms with Gasteiger partial charge < -0.3 is 19.3 Å². The summed E-state index contributed by atoms with van der Waals surface area (Å²) in [4.78, 5) is 24.2. The van der Waals surface area contributed by atoms with Crippen molar-refractivity contribution in [3.63, 3.8) is 0 Å². The molecule has 0 saturated carbocycles. The molecule has 4 heterocycles. The molecule has 4 rings (SSSR count). The molecule has 0 aromatic carbocycles. The smallest absolute Gasteiger partial charge is 0.417 e. The third-order valence-corrected chi connectivity index (χ3v) is 8.15. The molecule has 13 nitrogen and oxygen atoms in total. The molecular weight excluding hydrogens is 593 g/mol. The lowest BCUT2D eigenvalue weighted by atomic mass is 10.1. The lowest BCUT2D eigenvalue weighted by molar-refractivity contribution is -0.137. The van der Waals surface area contributed by atoms with E-state index in [0.717, 1.165) is 17.8 Å². The molecule has 1 saturated heterocycles. The molecule has 43 heavy (non-hydrogen) atoms. The normalized spacial score (nSPS) is 14.6. The van der Waals surface area contributed by atoms with E-state index in [-0.39, 0.29) is 23.8 Å². The third kappa shape index (κ3) is 8.10. The van der Waals surface area contributed by atoms with E-state index in [0.29, 0.717) is 63.8 Å². The zero-order valence-corrected chi connectivity index (χ0v) is 25.2. The third-order valence-electron chi connectivity index (χ3n) is 6.77. The average Bonchev–Trinajstić information content (AvgIpc) is 3.34. The van der Waals surface area contributed by atoms with Crippen LogP contribution in [0.4, 0.5) is 29.6 Å². The largest absolute Gasteiger partial charge is 0.450 e. The Morgan fingerprint density at radius 2 is 1.91 bits per heavy atom. The van der Waals surface area contributed by atoms with Crippen molar-refractivity contribution in [2.75, 3.05) is 76.1 Å². The number of fused-ring (bicyclic) bond motifs is 1. The summed E-state index contributed by atoms with van der Waals surface area (Å²) in [7, 11) is -1.47. The van der Waals surface area contributed by atoms with Crippen LogP contribution >= 0.6 is 0 Å². The average molecular weight is 629 g/mol. The van der Waals surface area contributed by atoms with Gasteiger partial charge in [-0.3, -0.25) is 5.32 Å². The van der Waals surface area contributed by atoms with Crippen LogP contribution in [0, 0.1) is 0 Å². The van der Waals surface area contributed by atoms with Gasteiger partial charge in [-0.25, -0.2) is 32.0 Å². The van der Waals surface area contributed by atoms with E-state index in [1.807, 2.05) is 22.9 Å². The van der Waals surface area contributed by atoms with Gasteiger partial charge in [0.25, 0.3) is 0 Å². The standard InChI is InChI=1S/C26H35F3N8O5S/c1-5-36(43(4,39)40)8-7-34(3)16-18-13-21-24(35-9-11-41-12-10-35)32-23(33-37(21)17-18)19-15-30-22(31-25(38)42-6-2)14-20(19)26(27,28)29/h13-15,17H,5-12,16H2,1-4H3,(H,30,31,38). The van der Waals surface area contributed by atoms with Crippen LogP contribution in [-0.2, 0) is 32.2 Å². The van der Waals surface area contributed by atoms with Gasteiger partial charge in [0.2, 0.25) is 10.0 Å². The van der Waals surface area contributed by atoms with E-state index >= 15 is 0 Å². The van der Waals surface area contributed by atoms with Gasteiger partial charge in [-0.05, 0) is 31.7 Å². The topological polar surface area (TPSA) is 134 Å². The number of carbonyl (C=O) groups is 1. The van der Waals surface area contributed by atoms with Crippen molar-refractivity contribution in [3.05, 3.63) is 35.7 Å². The van der Waals surface area contributed by atoms with Gasteiger partial charge in [-0.2, -0.15) is 13.2 Å². The first-order valence-electron chi connectivity index (χ1n) is 13.7. The van der Waals surface area contributed by atoms with Crippen LogP contribution in [0.25, 0.3) is 16.9 Å². The summed E-state index contributed by atoms with van der Waals surface area (Å²) in [5, 5.41) is 6.63. The number of sulfonamides is 1. The summed E-state index contributed by atoms with van der Waals surface area (Å²) in [5.74, 6) is -0.0789. The first kappa shape index (κ1) is 32.4. The zero-order chi connectivity index (χ0) is 31.4. The molecular formula is C26H35F3N8O5S. The number of rotatable bonds is 11. The highest BCUT2D eigenvalue weighted by atomic mass is 32.2. The first-order chi connectivity index (χ1) is 20.3. The minimum absolute atomic E-state index is 0.0424. The number of ether oxygens (including phenoxy) is 2. The van der Waals surface area contributed by atoms with Crippen molar-refractivity contribution in [1.29, 1.82) is 0 Å². The Hall–Kier alpha value is -3.54. The van der Waals surface area contributed by atoms with Gasteiger partial charge in [-0.15, -0.1) is 5.10 Å². The van der Waals surface area contributed by atoms with E-state index < -0.39 is 27.9 Å². The number of hydrogen-bond acceptors (Lipinski definition) is 10. The molecule has 0 atom stereocenters. The fourth-order valence-corrected chi connectivity index (χ4v) is 5.57. The zero-order valence-electron chi connectivity index (χ0n) is 24.4. The van der Waals surface area contributed by atoms with Crippen LogP contribution in [0.15, 0.2) is 24.5 Å². The molecule has 1 amide bonds. The van der Waals surface area contributed by atoms with E-state index in [2.05, 4.69) is 20.4 Å². The second-order valence-corrected chi connectivity index (χ2v) is 12.0. The van der Waals surface area contributed by atoms with Gasteiger partial charge in [-0.1, -0.05) is 6.92 Å². The molecule has 1 aliphatic rings. The van der Waals surface area contributed by atoms with Crippen LogP contribution in [0.2, 0.25) is 0 Å². The molecule has 17 heteroatoms. The number of hydrogen-bond donors (Lipinski definition) is 1. The molecule has 3 aromatic rings. The Balaban J connectivity index is 1.71. The van der Waals surface area contributed by atoms with E-state index in [1.54, 1.807) is 20.0 Å². The van der Waals surface area contributed by atoms with E-state index in [1.165, 1.54) is 15.1 Å². The SMILES string of the molecule is CCOC(=O)Nc1cc(C(F)(F)F)c(-c2nc(N3CCOCC3)c3cc(CN(C)CCN(CC)S(C)(=O)=O)cn3n2)cn1. The minimum atomic E-state index is -4.80. The first-order valence-corrected chi connectivity index (χ1v) is 15.5. The van der Waals surface area contributed by atoms with Crippen molar-refractivity contribution in [2.24, 2.45) is 0 Å². The Bertz CT molecular complexity index is 1540. The van der Waals surface area contributed by atoms with Crippen LogP contribution < -0.4 is 10.2 Å². The number of aromatic nitrogens is 4. The van der Waals surface area contributed by atoms with Crippen LogP contribution in [0.1, 0.15) is 25.0 Å². The Morgan fingerprint density at radius 1 is 1.19 bits per heavy atom. The van der Waals surface area contributed by atoms with Gasteiger partial charge in [0.1, 0.15) is 11.3 Å². The molecule has 1 aliphatic heterocycles. The summed E-state index contributed by atoms with van der Waals surface area (Å²) >= 11 is 0. The molecule has 3 aromatic heterocycles. The second-order valence-electron chi connectivity index (χ2n) is 9.99. The summed E-state index contributed by atoms with van der Waals surface area (Å²) in [6.45, 7) is 6.79. The highest BCUT2D eigenvalue weighted by molar-refractivity contribution is 7.88. The second kappa shape index (κ2) is 13.4. The Morgan fingerprint density at radius 3 is 2.53 bits per heavy atom.